The minimum Gasteiger partial charge on any atom is -0.507 e. The summed E-state index contributed by atoms with van der Waals surface area (Å²) in [5.41, 5.74) is 2.34. The van der Waals surface area contributed by atoms with Gasteiger partial charge < -0.3 is 9.63 Å². The van der Waals surface area contributed by atoms with Crippen molar-refractivity contribution in [1.29, 1.82) is 0 Å². The van der Waals surface area contributed by atoms with Crippen LogP contribution in [0.3, 0.4) is 0 Å². The van der Waals surface area contributed by atoms with Crippen molar-refractivity contribution in [1.82, 2.24) is 15.1 Å². The predicted octanol–water partition coefficient (Wildman–Crippen LogP) is 4.56. The molecule has 38 heavy (non-hydrogen) atoms. The van der Waals surface area contributed by atoms with Crippen LogP contribution < -0.4 is 0 Å². The minimum atomic E-state index is -0.690. The highest BCUT2D eigenvalue weighted by molar-refractivity contribution is 6.47. The van der Waals surface area contributed by atoms with Crippen molar-refractivity contribution in [2.75, 3.05) is 14.2 Å². The van der Waals surface area contributed by atoms with Crippen LogP contribution >= 0.6 is 0 Å². The van der Waals surface area contributed by atoms with E-state index in [2.05, 4.69) is 5.16 Å². The zero-order valence-corrected chi connectivity index (χ0v) is 21.5. The van der Waals surface area contributed by atoms with E-state index in [1.807, 2.05) is 24.3 Å². The van der Waals surface area contributed by atoms with Crippen LogP contribution in [0.2, 0.25) is 0 Å². The summed E-state index contributed by atoms with van der Waals surface area (Å²) in [6, 6.07) is 7.55. The Morgan fingerprint density at radius 2 is 1.82 bits per heavy atom. The second-order valence-electron chi connectivity index (χ2n) is 9.93. The lowest BCUT2D eigenvalue weighted by molar-refractivity contribution is -0.138. The van der Waals surface area contributed by atoms with Crippen LogP contribution in [-0.2, 0) is 14.4 Å². The Morgan fingerprint density at radius 3 is 2.42 bits per heavy atom. The zero-order chi connectivity index (χ0) is 26.8. The molecule has 2 unspecified atom stereocenters. The summed E-state index contributed by atoms with van der Waals surface area (Å²) in [6.07, 6.45) is 12.8. The largest absolute Gasteiger partial charge is 0.507 e. The van der Waals surface area contributed by atoms with Crippen molar-refractivity contribution in [3.8, 4) is 0 Å². The first kappa shape index (κ1) is 25.7. The third-order valence-corrected chi connectivity index (χ3v) is 7.74. The van der Waals surface area contributed by atoms with Gasteiger partial charge in [0.05, 0.1) is 24.4 Å². The number of aliphatic hydroxyl groups excluding tert-OH is 1. The first-order valence-electron chi connectivity index (χ1n) is 12.9. The monoisotopic (exact) mass is 517 g/mol. The normalized spacial score (nSPS) is 23.5. The number of rotatable bonds is 6. The van der Waals surface area contributed by atoms with Gasteiger partial charge >= 0.3 is 0 Å². The molecule has 1 saturated carbocycles. The van der Waals surface area contributed by atoms with Crippen molar-refractivity contribution in [3.63, 3.8) is 0 Å². The van der Waals surface area contributed by atoms with E-state index in [-0.39, 0.29) is 29.1 Å². The van der Waals surface area contributed by atoms with Crippen LogP contribution in [0.15, 0.2) is 70.6 Å². The summed E-state index contributed by atoms with van der Waals surface area (Å²) in [6.45, 7) is 0. The predicted molar refractivity (Wildman–Crippen MR) is 138 cm³/mol. The molecular formula is C29H31N3O6. The number of aromatic nitrogens is 1. The first-order chi connectivity index (χ1) is 18.4. The van der Waals surface area contributed by atoms with Crippen LogP contribution in [0.25, 0.3) is 5.76 Å². The number of ketones is 1. The maximum absolute atomic E-state index is 13.4. The number of carbonyl (C=O) groups excluding carboxylic acids is 3. The third-order valence-electron chi connectivity index (χ3n) is 7.74. The number of hydroxylamine groups is 2. The second kappa shape index (κ2) is 10.8. The van der Waals surface area contributed by atoms with Gasteiger partial charge in [-0.15, -0.1) is 0 Å². The Bertz CT molecular complexity index is 1300. The average molecular weight is 518 g/mol. The molecule has 2 fully saturated rings. The number of benzene rings is 1. The maximum atomic E-state index is 13.4. The number of amides is 2. The molecule has 2 aromatic rings. The summed E-state index contributed by atoms with van der Waals surface area (Å²) >= 11 is 0. The molecule has 0 radical (unpaired) electrons. The van der Waals surface area contributed by atoms with E-state index in [0.717, 1.165) is 42.9 Å². The van der Waals surface area contributed by atoms with E-state index < -0.39 is 17.7 Å². The molecule has 0 bridgehead atoms. The highest BCUT2D eigenvalue weighted by atomic mass is 16.7. The van der Waals surface area contributed by atoms with Gasteiger partial charge in [0.15, 0.2) is 0 Å². The van der Waals surface area contributed by atoms with Gasteiger partial charge in [0.2, 0.25) is 0 Å². The fourth-order valence-electron chi connectivity index (χ4n) is 5.65. The number of nitrogens with zero attached hydrogens (tertiary/aromatic N) is 3. The summed E-state index contributed by atoms with van der Waals surface area (Å²) in [7, 11) is 2.90. The number of likely N-dealkylation sites (tertiary alicyclic amines) is 1. The third kappa shape index (κ3) is 4.69. The molecule has 3 aliphatic rings. The molecule has 2 heterocycles. The molecule has 9 heteroatoms. The molecule has 9 nitrogen and oxygen atoms in total. The van der Waals surface area contributed by atoms with E-state index in [0.29, 0.717) is 23.2 Å². The molecule has 2 amide bonds. The van der Waals surface area contributed by atoms with E-state index in [9.17, 15) is 19.5 Å². The molecule has 1 saturated heterocycles. The Kier molecular flexibility index (Phi) is 7.28. The van der Waals surface area contributed by atoms with Gasteiger partial charge in [0.1, 0.15) is 12.0 Å². The van der Waals surface area contributed by atoms with E-state index in [1.54, 1.807) is 29.2 Å². The Balaban J connectivity index is 1.50. The lowest BCUT2D eigenvalue weighted by Crippen LogP contribution is -2.39. The van der Waals surface area contributed by atoms with Crippen LogP contribution in [0.4, 0.5) is 0 Å². The number of allylic oxidation sites excluding steroid dienone is 3. The lowest BCUT2D eigenvalue weighted by atomic mass is 9.80. The summed E-state index contributed by atoms with van der Waals surface area (Å²) < 4.78 is 4.97. The number of hydrogen-bond acceptors (Lipinski definition) is 7. The fraction of sp³-hybridized carbons (Fsp3) is 0.379. The topological polar surface area (TPSA) is 113 Å². The van der Waals surface area contributed by atoms with E-state index in [4.69, 9.17) is 9.36 Å². The van der Waals surface area contributed by atoms with Gasteiger partial charge in [0, 0.05) is 35.9 Å². The van der Waals surface area contributed by atoms with E-state index in [1.165, 1.54) is 20.4 Å². The van der Waals surface area contributed by atoms with Crippen LogP contribution in [0.5, 0.6) is 0 Å². The van der Waals surface area contributed by atoms with Crippen LogP contribution in [0.1, 0.15) is 66.1 Å². The van der Waals surface area contributed by atoms with Gasteiger partial charge in [-0.2, -0.15) is 0 Å². The molecule has 0 spiro atoms. The Hall–Kier alpha value is -3.98. The molecule has 198 valence electrons. The minimum absolute atomic E-state index is 0.0285. The quantitative estimate of drug-likeness (QED) is 0.259. The molecule has 2 aliphatic carbocycles. The number of aliphatic hydroxyl groups is 1. The molecular weight excluding hydrogens is 486 g/mol. The molecule has 1 aromatic heterocycles. The summed E-state index contributed by atoms with van der Waals surface area (Å²) in [5, 5.41) is 16.5. The number of hydrogen-bond donors (Lipinski definition) is 1. The standard InChI is InChI=1S/C29H31N3O6/c1-31(37-2)28(35)21-10-8-20(9-11-21)26(33)24-25(19-6-4-3-5-7-19)32(29(36)27(24)34)22-14-12-18(13-15-22)23-16-17-38-30-23/h8-12,14-19,25,33H,3-7,13H2,1-2H3. The van der Waals surface area contributed by atoms with Gasteiger partial charge in [-0.1, -0.05) is 48.7 Å². The zero-order valence-electron chi connectivity index (χ0n) is 21.5. The Morgan fingerprint density at radius 1 is 1.11 bits per heavy atom. The summed E-state index contributed by atoms with van der Waals surface area (Å²) in [4.78, 5) is 45.8. The van der Waals surface area contributed by atoms with Crippen molar-refractivity contribution in [3.05, 3.63) is 82.9 Å². The highest BCUT2D eigenvalue weighted by Crippen LogP contribution is 2.42. The summed E-state index contributed by atoms with van der Waals surface area (Å²) in [5.74, 6) is -1.81. The van der Waals surface area contributed by atoms with Gasteiger partial charge in [0.25, 0.3) is 17.6 Å². The molecule has 2 atom stereocenters. The first-order valence-corrected chi connectivity index (χ1v) is 12.9. The lowest BCUT2D eigenvalue weighted by Gasteiger charge is -2.35. The Labute approximate surface area is 221 Å². The highest BCUT2D eigenvalue weighted by Gasteiger charge is 2.49. The maximum Gasteiger partial charge on any atom is 0.299 e. The van der Waals surface area contributed by atoms with Gasteiger partial charge in [-0.3, -0.25) is 24.1 Å². The average Bonchev–Trinajstić information content (AvgIpc) is 3.59. The van der Waals surface area contributed by atoms with Crippen LogP contribution in [-0.4, -0.2) is 58.0 Å². The van der Waals surface area contributed by atoms with Gasteiger partial charge in [-0.25, -0.2) is 5.06 Å². The van der Waals surface area contributed by atoms with Crippen molar-refractivity contribution >= 4 is 23.4 Å². The number of carbonyl (C=O) groups is 3. The molecule has 1 aliphatic heterocycles. The van der Waals surface area contributed by atoms with Crippen molar-refractivity contribution < 1.29 is 28.9 Å². The van der Waals surface area contributed by atoms with E-state index >= 15 is 0 Å². The van der Waals surface area contributed by atoms with Crippen molar-refractivity contribution in [2.45, 2.75) is 50.5 Å². The molecule has 1 N–H and O–H groups in total. The molecule has 1 aromatic carbocycles. The fourth-order valence-corrected chi connectivity index (χ4v) is 5.65. The number of Topliss-reactive ketones (excluding diaryl/α,β-unsaturated/α-hetero) is 1. The SMILES string of the molecule is CON(C)C(=O)c1ccc(C(O)=C2C(=O)C(=O)N(C3=CCC(c4ccon4)C=C3)C2C2CCCCC2)cc1. The smallest absolute Gasteiger partial charge is 0.299 e. The van der Waals surface area contributed by atoms with Crippen LogP contribution in [0, 0.1) is 5.92 Å². The second-order valence-corrected chi connectivity index (χ2v) is 9.93. The van der Waals surface area contributed by atoms with Crippen molar-refractivity contribution in [2.24, 2.45) is 5.92 Å². The van der Waals surface area contributed by atoms with Gasteiger partial charge in [-0.05, 0) is 43.4 Å². The molecule has 5 rings (SSSR count).